The van der Waals surface area contributed by atoms with E-state index in [4.69, 9.17) is 0 Å². The zero-order valence-corrected chi connectivity index (χ0v) is 17.1. The maximum atomic E-state index is 13.1. The molecule has 0 bridgehead atoms. The third kappa shape index (κ3) is 5.26. The Kier molecular flexibility index (Phi) is 6.93. The second-order valence-corrected chi connectivity index (χ2v) is 8.24. The first kappa shape index (κ1) is 20.2. The van der Waals surface area contributed by atoms with Gasteiger partial charge >= 0.3 is 0 Å². The number of thiazole rings is 1. The van der Waals surface area contributed by atoms with E-state index in [9.17, 15) is 9.59 Å². The quantitative estimate of drug-likeness (QED) is 0.532. The van der Waals surface area contributed by atoms with E-state index in [0.717, 1.165) is 23.1 Å². The smallest absolute Gasteiger partial charge is 0.276 e. The first-order valence-corrected chi connectivity index (χ1v) is 10.4. The van der Waals surface area contributed by atoms with Crippen LogP contribution in [0.15, 0.2) is 54.6 Å². The predicted octanol–water partition coefficient (Wildman–Crippen LogP) is 5.15. The summed E-state index contributed by atoms with van der Waals surface area (Å²) in [6.07, 6.45) is 3.82. The van der Waals surface area contributed by atoms with Gasteiger partial charge < -0.3 is 0 Å². The molecule has 0 saturated heterocycles. The average Bonchev–Trinajstić information content (AvgIpc) is 3.14. The number of nitrogens with zero attached hydrogens (tertiary/aromatic N) is 2. The fraction of sp³-hybridized carbons (Fsp3) is 0.304. The lowest BCUT2D eigenvalue weighted by Gasteiger charge is -2.20. The monoisotopic (exact) mass is 393 g/mol. The second kappa shape index (κ2) is 9.60. The third-order valence-corrected chi connectivity index (χ3v) is 5.47. The Hall–Kier alpha value is -2.53. The Morgan fingerprint density at radius 3 is 2.50 bits per heavy atom. The molecule has 0 aliphatic heterocycles. The van der Waals surface area contributed by atoms with Crippen molar-refractivity contribution in [1.29, 1.82) is 0 Å². The van der Waals surface area contributed by atoms with Crippen molar-refractivity contribution in [2.45, 2.75) is 33.1 Å². The largest absolute Gasteiger partial charge is 0.289 e. The Bertz CT molecular complexity index is 901. The van der Waals surface area contributed by atoms with E-state index in [1.165, 1.54) is 21.8 Å². The Balaban J connectivity index is 1.73. The second-order valence-electron chi connectivity index (χ2n) is 7.20. The number of amides is 2. The molecular formula is C23H25N2O2S. The molecule has 2 amide bonds. The first-order valence-electron chi connectivity index (χ1n) is 9.63. The number of hydrogen-bond donors (Lipinski definition) is 0. The highest BCUT2D eigenvalue weighted by Gasteiger charge is 2.25. The molecule has 145 valence electrons. The van der Waals surface area contributed by atoms with Gasteiger partial charge in [-0.25, -0.2) is 4.98 Å². The van der Waals surface area contributed by atoms with Gasteiger partial charge in [-0.2, -0.15) is 0 Å². The lowest BCUT2D eigenvalue weighted by atomic mass is 10.1. The highest BCUT2D eigenvalue weighted by molar-refractivity contribution is 7.20. The van der Waals surface area contributed by atoms with Crippen LogP contribution in [0.25, 0.3) is 10.2 Å². The Morgan fingerprint density at radius 1 is 1.07 bits per heavy atom. The number of para-hydroxylation sites is 1. The van der Waals surface area contributed by atoms with Crippen LogP contribution in [0, 0.1) is 12.3 Å². The third-order valence-electron chi connectivity index (χ3n) is 4.44. The van der Waals surface area contributed by atoms with E-state index < -0.39 is 0 Å². The fourth-order valence-corrected chi connectivity index (χ4v) is 3.84. The molecule has 28 heavy (non-hydrogen) atoms. The van der Waals surface area contributed by atoms with E-state index in [0.29, 0.717) is 23.9 Å². The zero-order valence-electron chi connectivity index (χ0n) is 16.3. The van der Waals surface area contributed by atoms with Gasteiger partial charge in [-0.15, -0.1) is 11.3 Å². The lowest BCUT2D eigenvalue weighted by molar-refractivity contribution is -0.125. The molecule has 3 rings (SSSR count). The van der Waals surface area contributed by atoms with Crippen molar-refractivity contribution in [2.24, 2.45) is 5.92 Å². The van der Waals surface area contributed by atoms with Crippen LogP contribution < -0.4 is 0 Å². The Labute approximate surface area is 170 Å². The number of rotatable bonds is 8. The number of imide groups is 1. The zero-order chi connectivity index (χ0) is 19.9. The normalized spacial score (nSPS) is 11.1. The molecule has 1 aromatic heterocycles. The van der Waals surface area contributed by atoms with Crippen LogP contribution in [0.1, 0.15) is 42.1 Å². The van der Waals surface area contributed by atoms with Crippen molar-refractivity contribution in [1.82, 2.24) is 9.88 Å². The molecule has 5 heteroatoms. The topological polar surface area (TPSA) is 50.3 Å². The Morgan fingerprint density at radius 2 is 1.79 bits per heavy atom. The van der Waals surface area contributed by atoms with Crippen LogP contribution in [0.4, 0.5) is 0 Å². The van der Waals surface area contributed by atoms with Gasteiger partial charge in [-0.05, 0) is 42.9 Å². The minimum Gasteiger partial charge on any atom is -0.276 e. The van der Waals surface area contributed by atoms with Crippen molar-refractivity contribution < 1.29 is 9.59 Å². The molecule has 0 N–H and O–H groups in total. The average molecular weight is 394 g/mol. The van der Waals surface area contributed by atoms with Gasteiger partial charge in [0.1, 0.15) is 0 Å². The molecule has 0 aliphatic rings. The standard InChI is InChI=1S/C23H25N2O2S/c1-17(2)14-15-21(26)25(16-8-11-18-9-4-3-5-10-18)23(27)22-24-19-12-6-7-13-20(19)28-22/h3-7,9-10,12-13,15,17H,8,11,14,16H2,1-2H3. The summed E-state index contributed by atoms with van der Waals surface area (Å²) >= 11 is 1.34. The first-order chi connectivity index (χ1) is 13.5. The molecular weight excluding hydrogens is 368 g/mol. The number of hydrogen-bond acceptors (Lipinski definition) is 4. The molecule has 4 nitrogen and oxygen atoms in total. The summed E-state index contributed by atoms with van der Waals surface area (Å²) in [4.78, 5) is 31.6. The van der Waals surface area contributed by atoms with Crippen LogP contribution in [-0.2, 0) is 11.2 Å². The summed E-state index contributed by atoms with van der Waals surface area (Å²) in [5.74, 6) is -0.169. The highest BCUT2D eigenvalue weighted by atomic mass is 32.1. The van der Waals surface area contributed by atoms with Gasteiger partial charge in [0.2, 0.25) is 5.91 Å². The van der Waals surface area contributed by atoms with E-state index in [1.807, 2.05) is 42.5 Å². The van der Waals surface area contributed by atoms with Crippen LogP contribution in [0.5, 0.6) is 0 Å². The fourth-order valence-electron chi connectivity index (χ4n) is 2.92. The summed E-state index contributed by atoms with van der Waals surface area (Å²) in [5, 5.41) is 0.368. The molecule has 2 aromatic carbocycles. The van der Waals surface area contributed by atoms with Crippen LogP contribution in [0.2, 0.25) is 0 Å². The highest BCUT2D eigenvalue weighted by Crippen LogP contribution is 2.23. The predicted molar refractivity (Wildman–Crippen MR) is 114 cm³/mol. The van der Waals surface area contributed by atoms with Gasteiger partial charge in [0.15, 0.2) is 5.01 Å². The molecule has 0 aliphatic carbocycles. The number of aromatic nitrogens is 1. The van der Waals surface area contributed by atoms with E-state index in [1.54, 1.807) is 6.42 Å². The molecule has 0 atom stereocenters. The van der Waals surface area contributed by atoms with E-state index in [2.05, 4.69) is 31.0 Å². The maximum absolute atomic E-state index is 13.1. The maximum Gasteiger partial charge on any atom is 0.289 e. The summed E-state index contributed by atoms with van der Waals surface area (Å²) in [6, 6.07) is 17.8. The van der Waals surface area contributed by atoms with E-state index >= 15 is 0 Å². The summed E-state index contributed by atoms with van der Waals surface area (Å²) in [7, 11) is 0. The van der Waals surface area contributed by atoms with Crippen molar-refractivity contribution in [3.8, 4) is 0 Å². The molecule has 3 aromatic rings. The molecule has 0 fully saturated rings. The number of carbonyl (C=O) groups is 2. The molecule has 0 spiro atoms. The molecule has 0 unspecified atom stereocenters. The summed E-state index contributed by atoms with van der Waals surface area (Å²) < 4.78 is 0.952. The van der Waals surface area contributed by atoms with Gasteiger partial charge in [0, 0.05) is 6.54 Å². The minimum absolute atomic E-state index is 0.231. The number of carbonyl (C=O) groups excluding carboxylic acids is 2. The van der Waals surface area contributed by atoms with Crippen molar-refractivity contribution >= 4 is 33.4 Å². The van der Waals surface area contributed by atoms with Gasteiger partial charge in [0.05, 0.1) is 16.6 Å². The van der Waals surface area contributed by atoms with Gasteiger partial charge in [-0.3, -0.25) is 14.5 Å². The summed E-state index contributed by atoms with van der Waals surface area (Å²) in [6.45, 7) is 4.49. The molecule has 1 radical (unpaired) electrons. The van der Waals surface area contributed by atoms with Crippen molar-refractivity contribution in [3.05, 3.63) is 71.6 Å². The van der Waals surface area contributed by atoms with Crippen LogP contribution in [0.3, 0.4) is 0 Å². The summed E-state index contributed by atoms with van der Waals surface area (Å²) in [5.41, 5.74) is 1.99. The lowest BCUT2D eigenvalue weighted by Crippen LogP contribution is -2.38. The van der Waals surface area contributed by atoms with Crippen LogP contribution in [-0.4, -0.2) is 28.2 Å². The molecule has 0 saturated carbocycles. The van der Waals surface area contributed by atoms with Crippen molar-refractivity contribution in [3.63, 3.8) is 0 Å². The van der Waals surface area contributed by atoms with Crippen molar-refractivity contribution in [2.75, 3.05) is 6.54 Å². The number of fused-ring (bicyclic) bond motifs is 1. The SMILES string of the molecule is CC(C)C[CH]C(=O)N(CCCc1ccccc1)C(=O)c1nc2ccccc2s1. The number of aryl methyl sites for hydroxylation is 1. The van der Waals surface area contributed by atoms with E-state index in [-0.39, 0.29) is 11.8 Å². The van der Waals surface area contributed by atoms with Crippen LogP contribution >= 0.6 is 11.3 Å². The molecule has 1 heterocycles. The minimum atomic E-state index is -0.306. The van der Waals surface area contributed by atoms with Gasteiger partial charge in [0.25, 0.3) is 5.91 Å². The van der Waals surface area contributed by atoms with Gasteiger partial charge in [-0.1, -0.05) is 56.3 Å². The number of benzene rings is 2.